The van der Waals surface area contributed by atoms with E-state index in [0.717, 1.165) is 19.4 Å². The van der Waals surface area contributed by atoms with Gasteiger partial charge in [-0.3, -0.25) is 9.59 Å². The van der Waals surface area contributed by atoms with Gasteiger partial charge in [-0.2, -0.15) is 0 Å². The first-order valence-corrected chi connectivity index (χ1v) is 7.83. The fourth-order valence-electron chi connectivity index (χ4n) is 2.66. The van der Waals surface area contributed by atoms with Gasteiger partial charge in [0.05, 0.1) is 10.0 Å². The lowest BCUT2D eigenvalue weighted by molar-refractivity contribution is -0.128. The van der Waals surface area contributed by atoms with Crippen LogP contribution in [0.4, 0.5) is 0 Å². The highest BCUT2D eigenvalue weighted by atomic mass is 35.5. The number of likely N-dealkylation sites (tertiary alicyclic amines) is 1. The Morgan fingerprint density at radius 3 is 2.71 bits per heavy atom. The average molecular weight is 327 g/mol. The van der Waals surface area contributed by atoms with Crippen molar-refractivity contribution < 1.29 is 9.59 Å². The summed E-state index contributed by atoms with van der Waals surface area (Å²) in [5.74, 6) is 0.224. The minimum atomic E-state index is -0.189. The fraction of sp³-hybridized carbons (Fsp3) is 0.467. The van der Waals surface area contributed by atoms with E-state index in [1.54, 1.807) is 18.2 Å². The first-order valence-electron chi connectivity index (χ1n) is 7.07. The molecule has 2 amide bonds. The molecule has 2 aliphatic rings. The van der Waals surface area contributed by atoms with Gasteiger partial charge < -0.3 is 10.2 Å². The van der Waals surface area contributed by atoms with Crippen LogP contribution in [-0.4, -0.2) is 35.8 Å². The summed E-state index contributed by atoms with van der Waals surface area (Å²) in [5, 5.41) is 3.66. The Morgan fingerprint density at radius 2 is 2.05 bits per heavy atom. The smallest absolute Gasteiger partial charge is 0.251 e. The summed E-state index contributed by atoms with van der Waals surface area (Å²) in [6.45, 7) is 1.26. The van der Waals surface area contributed by atoms with E-state index in [0.29, 0.717) is 34.6 Å². The molecule has 1 saturated carbocycles. The number of halogens is 2. The summed E-state index contributed by atoms with van der Waals surface area (Å²) in [7, 11) is 0. The van der Waals surface area contributed by atoms with Crippen molar-refractivity contribution in [2.24, 2.45) is 5.92 Å². The number of amides is 2. The molecule has 1 unspecified atom stereocenters. The van der Waals surface area contributed by atoms with E-state index in [1.165, 1.54) is 0 Å². The van der Waals surface area contributed by atoms with Gasteiger partial charge in [-0.1, -0.05) is 23.2 Å². The molecule has 4 nitrogen and oxygen atoms in total. The summed E-state index contributed by atoms with van der Waals surface area (Å²) in [4.78, 5) is 25.9. The van der Waals surface area contributed by atoms with Crippen molar-refractivity contribution in [2.75, 3.05) is 13.1 Å². The number of carbonyl (C=O) groups is 2. The number of benzene rings is 1. The van der Waals surface area contributed by atoms with Gasteiger partial charge in [-0.05, 0) is 31.0 Å². The topological polar surface area (TPSA) is 49.4 Å². The van der Waals surface area contributed by atoms with Gasteiger partial charge in [-0.15, -0.1) is 0 Å². The highest BCUT2D eigenvalue weighted by molar-refractivity contribution is 6.42. The molecule has 0 spiro atoms. The number of carbonyl (C=O) groups excluding carboxylic acids is 2. The fourth-order valence-corrected chi connectivity index (χ4v) is 2.96. The summed E-state index contributed by atoms with van der Waals surface area (Å²) in [6, 6.07) is 5.25. The molecule has 1 saturated heterocycles. The second kappa shape index (κ2) is 5.85. The number of rotatable bonds is 4. The third-order valence-electron chi connectivity index (χ3n) is 3.96. The van der Waals surface area contributed by atoms with Crippen molar-refractivity contribution >= 4 is 35.0 Å². The zero-order valence-electron chi connectivity index (χ0n) is 11.4. The van der Waals surface area contributed by atoms with E-state index < -0.39 is 0 Å². The van der Waals surface area contributed by atoms with Crippen LogP contribution in [0.15, 0.2) is 18.2 Å². The Hall–Kier alpha value is -1.26. The average Bonchev–Trinajstić information content (AvgIpc) is 3.23. The summed E-state index contributed by atoms with van der Waals surface area (Å²) in [5.41, 5.74) is 0.479. The van der Waals surface area contributed by atoms with E-state index in [-0.39, 0.29) is 17.7 Å². The quantitative estimate of drug-likeness (QED) is 0.924. The van der Waals surface area contributed by atoms with Gasteiger partial charge >= 0.3 is 0 Å². The van der Waals surface area contributed by atoms with E-state index in [2.05, 4.69) is 5.32 Å². The van der Waals surface area contributed by atoms with Crippen LogP contribution in [0.3, 0.4) is 0 Å². The van der Waals surface area contributed by atoms with E-state index in [1.807, 2.05) is 4.90 Å². The first kappa shape index (κ1) is 14.7. The molecule has 0 radical (unpaired) electrons. The molecule has 6 heteroatoms. The molecule has 1 aliphatic carbocycles. The third-order valence-corrected chi connectivity index (χ3v) is 4.70. The highest BCUT2D eigenvalue weighted by Gasteiger charge is 2.39. The lowest BCUT2D eigenvalue weighted by Gasteiger charge is -2.15. The molecule has 1 aliphatic heterocycles. The monoisotopic (exact) mass is 326 g/mol. The Kier molecular flexibility index (Phi) is 4.09. The second-order valence-corrected chi connectivity index (χ2v) is 6.50. The molecule has 1 N–H and O–H groups in total. The predicted molar refractivity (Wildman–Crippen MR) is 81.6 cm³/mol. The van der Waals surface area contributed by atoms with Gasteiger partial charge in [-0.25, -0.2) is 0 Å². The molecule has 0 bridgehead atoms. The summed E-state index contributed by atoms with van der Waals surface area (Å²) in [6.07, 6.45) is 2.76. The van der Waals surface area contributed by atoms with Crippen LogP contribution in [0.5, 0.6) is 0 Å². The van der Waals surface area contributed by atoms with E-state index >= 15 is 0 Å². The highest BCUT2D eigenvalue weighted by Crippen LogP contribution is 2.32. The van der Waals surface area contributed by atoms with Gasteiger partial charge in [0.25, 0.3) is 5.91 Å². The first-order chi connectivity index (χ1) is 10.0. The molecular formula is C15H16Cl2N2O2. The summed E-state index contributed by atoms with van der Waals surface area (Å²) < 4.78 is 0. The van der Waals surface area contributed by atoms with Crippen molar-refractivity contribution in [3.05, 3.63) is 33.8 Å². The Balaban J connectivity index is 1.54. The van der Waals surface area contributed by atoms with Crippen LogP contribution < -0.4 is 5.32 Å². The van der Waals surface area contributed by atoms with Crippen LogP contribution in [0.2, 0.25) is 10.0 Å². The van der Waals surface area contributed by atoms with Crippen molar-refractivity contribution in [3.8, 4) is 0 Å². The largest absolute Gasteiger partial charge is 0.352 e. The Morgan fingerprint density at radius 1 is 1.29 bits per heavy atom. The van der Waals surface area contributed by atoms with Crippen LogP contribution in [0.25, 0.3) is 0 Å². The minimum Gasteiger partial charge on any atom is -0.352 e. The van der Waals surface area contributed by atoms with Crippen molar-refractivity contribution in [3.63, 3.8) is 0 Å². The van der Waals surface area contributed by atoms with E-state index in [4.69, 9.17) is 23.2 Å². The molecule has 1 aromatic rings. The number of hydrogen-bond donors (Lipinski definition) is 1. The van der Waals surface area contributed by atoms with Gasteiger partial charge in [0, 0.05) is 37.0 Å². The zero-order valence-corrected chi connectivity index (χ0v) is 13.0. The number of hydrogen-bond acceptors (Lipinski definition) is 2. The molecule has 21 heavy (non-hydrogen) atoms. The maximum absolute atomic E-state index is 12.1. The molecule has 0 aromatic heterocycles. The lowest BCUT2D eigenvalue weighted by atomic mass is 10.1. The van der Waals surface area contributed by atoms with Crippen LogP contribution >= 0.6 is 23.2 Å². The Bertz CT molecular complexity index is 587. The maximum Gasteiger partial charge on any atom is 0.251 e. The third kappa shape index (κ3) is 3.33. The standard InChI is InChI=1S/C15H16Cl2N2O2/c16-12-4-1-10(6-13(12)17)15(21)18-7-9-5-14(20)19(8-9)11-2-3-11/h1,4,6,9,11H,2-3,5,7-8H2,(H,18,21). The van der Waals surface area contributed by atoms with Crippen molar-refractivity contribution in [2.45, 2.75) is 25.3 Å². The van der Waals surface area contributed by atoms with Gasteiger partial charge in [0.15, 0.2) is 0 Å². The molecule has 1 atom stereocenters. The molecule has 3 rings (SSSR count). The Labute approximate surface area is 133 Å². The molecule has 2 fully saturated rings. The van der Waals surface area contributed by atoms with Crippen LogP contribution in [-0.2, 0) is 4.79 Å². The number of nitrogens with one attached hydrogen (secondary N) is 1. The zero-order chi connectivity index (χ0) is 15.0. The molecule has 1 heterocycles. The van der Waals surface area contributed by atoms with Crippen LogP contribution in [0, 0.1) is 5.92 Å². The van der Waals surface area contributed by atoms with E-state index in [9.17, 15) is 9.59 Å². The van der Waals surface area contributed by atoms with Crippen LogP contribution in [0.1, 0.15) is 29.6 Å². The second-order valence-electron chi connectivity index (χ2n) is 5.69. The normalized spacial score (nSPS) is 21.7. The molecule has 1 aromatic carbocycles. The van der Waals surface area contributed by atoms with Gasteiger partial charge in [0.1, 0.15) is 0 Å². The van der Waals surface area contributed by atoms with Crippen molar-refractivity contribution in [1.82, 2.24) is 10.2 Å². The molecule has 112 valence electrons. The van der Waals surface area contributed by atoms with Crippen molar-refractivity contribution in [1.29, 1.82) is 0 Å². The minimum absolute atomic E-state index is 0.189. The summed E-state index contributed by atoms with van der Waals surface area (Å²) >= 11 is 11.7. The maximum atomic E-state index is 12.1. The predicted octanol–water partition coefficient (Wildman–Crippen LogP) is 2.73. The lowest BCUT2D eigenvalue weighted by Crippen LogP contribution is -2.32. The SMILES string of the molecule is O=C(NCC1CC(=O)N(C2CC2)C1)c1ccc(Cl)c(Cl)c1. The molecular weight excluding hydrogens is 311 g/mol. The van der Waals surface area contributed by atoms with Gasteiger partial charge in [0.2, 0.25) is 5.91 Å². The number of nitrogens with zero attached hydrogens (tertiary/aromatic N) is 1.